The van der Waals surface area contributed by atoms with Crippen molar-refractivity contribution in [2.24, 2.45) is 0 Å². The van der Waals surface area contributed by atoms with E-state index >= 15 is 0 Å². The predicted molar refractivity (Wildman–Crippen MR) is 249 cm³/mol. The SMILES string of the molecule is CC1(C)c2ccccc2C2(c3cc(N(c4ccc(-c5ccccc5)cc4)c4ccc5c(c4)oc4ccccc45)ccc3-c3c(-c4ccccc4)cccc32)c2ccccc21. The van der Waals surface area contributed by atoms with Crippen LogP contribution in [0.3, 0.4) is 0 Å². The molecule has 12 rings (SSSR count). The highest BCUT2D eigenvalue weighted by molar-refractivity contribution is 6.06. The summed E-state index contributed by atoms with van der Waals surface area (Å²) in [4.78, 5) is 2.40. The minimum Gasteiger partial charge on any atom is -0.456 e. The van der Waals surface area contributed by atoms with Crippen LogP contribution in [0.5, 0.6) is 0 Å². The number of benzene rings is 9. The summed E-state index contributed by atoms with van der Waals surface area (Å²) < 4.78 is 6.52. The minimum absolute atomic E-state index is 0.190. The second kappa shape index (κ2) is 13.0. The van der Waals surface area contributed by atoms with E-state index in [0.29, 0.717) is 0 Å². The van der Waals surface area contributed by atoms with Crippen LogP contribution in [0.2, 0.25) is 0 Å². The molecule has 1 heterocycles. The highest BCUT2D eigenvalue weighted by atomic mass is 16.3. The van der Waals surface area contributed by atoms with Crippen molar-refractivity contribution in [3.63, 3.8) is 0 Å². The molecule has 284 valence electrons. The summed E-state index contributed by atoms with van der Waals surface area (Å²) in [6.45, 7) is 4.78. The van der Waals surface area contributed by atoms with Gasteiger partial charge in [-0.25, -0.2) is 0 Å². The zero-order valence-corrected chi connectivity index (χ0v) is 33.6. The molecule has 0 fully saturated rings. The second-order valence-electron chi connectivity index (χ2n) is 16.8. The number of fused-ring (bicyclic) bond motifs is 12. The lowest BCUT2D eigenvalue weighted by Gasteiger charge is -2.46. The van der Waals surface area contributed by atoms with Crippen LogP contribution in [0.25, 0.3) is 55.3 Å². The highest BCUT2D eigenvalue weighted by Gasteiger charge is 2.54. The Kier molecular flexibility index (Phi) is 7.52. The standard InChI is InChI=1S/C58H41NO/c1-57(2)48-22-10-12-24-50(48)58(51-25-13-11-23-49(51)57)52-26-15-21-44(40-18-7-4-8-19-40)56(52)47-35-33-42(36-53(47)58)59(41-30-28-39(29-31-41)38-16-5-3-6-17-38)43-32-34-46-45-20-9-14-27-54(45)60-55(46)37-43/h3-37H,1-2H3. The monoisotopic (exact) mass is 767 g/mol. The van der Waals surface area contributed by atoms with Crippen LogP contribution in [-0.4, -0.2) is 0 Å². The van der Waals surface area contributed by atoms with E-state index in [1.165, 1.54) is 66.8 Å². The van der Waals surface area contributed by atoms with Crippen LogP contribution >= 0.6 is 0 Å². The van der Waals surface area contributed by atoms with Crippen molar-refractivity contribution in [1.82, 2.24) is 0 Å². The average Bonchev–Trinajstić information content (AvgIpc) is 3.83. The Balaban J connectivity index is 1.15. The van der Waals surface area contributed by atoms with Crippen LogP contribution in [0.1, 0.15) is 47.2 Å². The van der Waals surface area contributed by atoms with Gasteiger partial charge in [0.2, 0.25) is 0 Å². The molecule has 0 bridgehead atoms. The molecule has 0 amide bonds. The number of hydrogen-bond donors (Lipinski definition) is 0. The summed E-state index contributed by atoms with van der Waals surface area (Å²) in [6, 6.07) is 78.0. The first-order valence-corrected chi connectivity index (χ1v) is 20.9. The van der Waals surface area contributed by atoms with Gasteiger partial charge in [0, 0.05) is 39.3 Å². The van der Waals surface area contributed by atoms with Gasteiger partial charge in [0.05, 0.1) is 5.41 Å². The number of hydrogen-bond acceptors (Lipinski definition) is 2. The Bertz CT molecular complexity index is 3230. The molecule has 9 aromatic carbocycles. The Labute approximate surface area is 350 Å². The van der Waals surface area contributed by atoms with Crippen LogP contribution in [0.4, 0.5) is 17.1 Å². The number of nitrogens with zero attached hydrogens (tertiary/aromatic N) is 1. The lowest BCUT2D eigenvalue weighted by atomic mass is 9.55. The van der Waals surface area contributed by atoms with Crippen molar-refractivity contribution in [1.29, 1.82) is 0 Å². The predicted octanol–water partition coefficient (Wildman–Crippen LogP) is 15.4. The maximum atomic E-state index is 6.52. The average molecular weight is 768 g/mol. The number of furan rings is 1. The molecule has 60 heavy (non-hydrogen) atoms. The number of anilines is 3. The third kappa shape index (κ3) is 4.88. The lowest BCUT2D eigenvalue weighted by molar-refractivity contribution is 0.563. The van der Waals surface area contributed by atoms with Crippen molar-refractivity contribution in [3.05, 3.63) is 246 Å². The number of rotatable bonds is 5. The van der Waals surface area contributed by atoms with E-state index in [2.05, 4.69) is 225 Å². The Morgan fingerprint density at radius 2 is 0.883 bits per heavy atom. The summed E-state index contributed by atoms with van der Waals surface area (Å²) in [7, 11) is 0. The zero-order valence-electron chi connectivity index (χ0n) is 33.6. The molecule has 2 aliphatic carbocycles. The molecule has 1 spiro atoms. The first kappa shape index (κ1) is 34.6. The summed E-state index contributed by atoms with van der Waals surface area (Å²) in [5, 5.41) is 2.24. The molecule has 0 saturated carbocycles. The highest BCUT2D eigenvalue weighted by Crippen LogP contribution is 2.64. The van der Waals surface area contributed by atoms with E-state index in [-0.39, 0.29) is 5.41 Å². The van der Waals surface area contributed by atoms with E-state index in [9.17, 15) is 0 Å². The molecule has 0 saturated heterocycles. The normalized spacial score (nSPS) is 14.1. The molecule has 0 atom stereocenters. The quantitative estimate of drug-likeness (QED) is 0.173. The van der Waals surface area contributed by atoms with Crippen LogP contribution < -0.4 is 4.90 Å². The largest absolute Gasteiger partial charge is 0.456 e. The molecule has 2 heteroatoms. The van der Waals surface area contributed by atoms with Gasteiger partial charge in [-0.2, -0.15) is 0 Å². The van der Waals surface area contributed by atoms with Gasteiger partial charge in [0.15, 0.2) is 0 Å². The molecule has 0 aliphatic heterocycles. The van der Waals surface area contributed by atoms with Crippen molar-refractivity contribution in [3.8, 4) is 33.4 Å². The van der Waals surface area contributed by atoms with Crippen molar-refractivity contribution >= 4 is 39.0 Å². The summed E-state index contributed by atoms with van der Waals surface area (Å²) in [5.41, 5.74) is 19.7. The zero-order chi connectivity index (χ0) is 40.0. The molecule has 0 unspecified atom stereocenters. The lowest BCUT2D eigenvalue weighted by Crippen LogP contribution is -2.40. The van der Waals surface area contributed by atoms with Gasteiger partial charge in [-0.3, -0.25) is 0 Å². The Morgan fingerprint density at radius 3 is 1.60 bits per heavy atom. The molecular weight excluding hydrogens is 727 g/mol. The maximum absolute atomic E-state index is 6.52. The van der Waals surface area contributed by atoms with Crippen LogP contribution in [0.15, 0.2) is 217 Å². The molecule has 0 N–H and O–H groups in total. The van der Waals surface area contributed by atoms with Gasteiger partial charge in [0.25, 0.3) is 0 Å². The Hall–Kier alpha value is -7.42. The molecule has 1 aromatic heterocycles. The first-order valence-electron chi connectivity index (χ1n) is 20.9. The van der Waals surface area contributed by atoms with Crippen molar-refractivity contribution in [2.45, 2.75) is 24.7 Å². The fraction of sp³-hybridized carbons (Fsp3) is 0.0690. The third-order valence-electron chi connectivity index (χ3n) is 13.3. The van der Waals surface area contributed by atoms with Gasteiger partial charge in [-0.05, 0) is 109 Å². The van der Waals surface area contributed by atoms with Crippen molar-refractivity contribution < 1.29 is 4.42 Å². The van der Waals surface area contributed by atoms with E-state index in [0.717, 1.165) is 39.0 Å². The summed E-state index contributed by atoms with van der Waals surface area (Å²) in [6.07, 6.45) is 0. The molecule has 2 nitrogen and oxygen atoms in total. The third-order valence-corrected chi connectivity index (χ3v) is 13.3. The van der Waals surface area contributed by atoms with E-state index in [1.807, 2.05) is 6.07 Å². The number of para-hydroxylation sites is 1. The maximum Gasteiger partial charge on any atom is 0.137 e. The van der Waals surface area contributed by atoms with Gasteiger partial charge in [0.1, 0.15) is 11.2 Å². The fourth-order valence-electron chi connectivity index (χ4n) is 10.7. The Morgan fingerprint density at radius 1 is 0.350 bits per heavy atom. The summed E-state index contributed by atoms with van der Waals surface area (Å²) in [5.74, 6) is 0. The first-order chi connectivity index (χ1) is 29.5. The molecule has 10 aromatic rings. The van der Waals surface area contributed by atoms with E-state index < -0.39 is 5.41 Å². The van der Waals surface area contributed by atoms with Gasteiger partial charge >= 0.3 is 0 Å². The second-order valence-corrected chi connectivity index (χ2v) is 16.8. The van der Waals surface area contributed by atoms with Crippen molar-refractivity contribution in [2.75, 3.05) is 4.90 Å². The molecular formula is C58H41NO. The fourth-order valence-corrected chi connectivity index (χ4v) is 10.7. The van der Waals surface area contributed by atoms with E-state index in [1.54, 1.807) is 0 Å². The summed E-state index contributed by atoms with van der Waals surface area (Å²) >= 11 is 0. The van der Waals surface area contributed by atoms with E-state index in [4.69, 9.17) is 4.42 Å². The molecule has 0 radical (unpaired) electrons. The smallest absolute Gasteiger partial charge is 0.137 e. The van der Waals surface area contributed by atoms with Gasteiger partial charge in [-0.1, -0.05) is 178 Å². The van der Waals surface area contributed by atoms with Crippen LogP contribution in [0, 0.1) is 0 Å². The van der Waals surface area contributed by atoms with Gasteiger partial charge in [-0.15, -0.1) is 0 Å². The molecule has 2 aliphatic rings. The van der Waals surface area contributed by atoms with Gasteiger partial charge < -0.3 is 9.32 Å². The van der Waals surface area contributed by atoms with Crippen LogP contribution in [-0.2, 0) is 10.8 Å². The minimum atomic E-state index is -0.556. The topological polar surface area (TPSA) is 16.4 Å².